The van der Waals surface area contributed by atoms with Crippen LogP contribution in [0.5, 0.6) is 0 Å². The van der Waals surface area contributed by atoms with Gasteiger partial charge in [0.05, 0.1) is 0 Å². The number of halogens is 3. The van der Waals surface area contributed by atoms with Gasteiger partial charge in [-0.2, -0.15) is 0 Å². The minimum Gasteiger partial charge on any atom is -0.313 e. The fourth-order valence-corrected chi connectivity index (χ4v) is 3.49. The molecule has 3 atom stereocenters. The molecule has 1 saturated heterocycles. The van der Waals surface area contributed by atoms with E-state index in [4.69, 9.17) is 23.2 Å². The number of piperidine rings is 1. The maximum Gasteiger partial charge on any atom is 0.0394 e. The molecule has 0 aromatic heterocycles. The Labute approximate surface area is 102 Å². The highest BCUT2D eigenvalue weighted by Crippen LogP contribution is 2.40. The molecule has 1 nitrogen and oxygen atoms in total. The zero-order chi connectivity index (χ0) is 9.42. The van der Waals surface area contributed by atoms with E-state index >= 15 is 0 Å². The number of fused-ring (bicyclic) bond motifs is 1. The third kappa shape index (κ3) is 2.16. The van der Waals surface area contributed by atoms with Crippen LogP contribution in [0.25, 0.3) is 0 Å². The molecule has 1 fully saturated rings. The van der Waals surface area contributed by atoms with Gasteiger partial charge in [0.25, 0.3) is 0 Å². The molecule has 4 heteroatoms. The van der Waals surface area contributed by atoms with Gasteiger partial charge in [-0.15, -0.1) is 11.6 Å². The van der Waals surface area contributed by atoms with Crippen LogP contribution in [0.4, 0.5) is 0 Å². The Morgan fingerprint density at radius 3 is 2.92 bits per heavy atom. The monoisotopic (exact) mass is 331 g/mol. The van der Waals surface area contributed by atoms with E-state index in [0.717, 1.165) is 30.8 Å². The zero-order valence-electron chi connectivity index (χ0n) is 7.19. The molecule has 1 heterocycles. The lowest BCUT2D eigenvalue weighted by Crippen LogP contribution is -2.48. The fraction of sp³-hybridized carbons (Fsp3) is 0.778. The number of alkyl halides is 1. The van der Waals surface area contributed by atoms with Crippen molar-refractivity contribution in [2.24, 2.45) is 5.92 Å². The lowest BCUT2D eigenvalue weighted by Gasteiger charge is -2.39. The van der Waals surface area contributed by atoms with Gasteiger partial charge < -0.3 is 5.32 Å². The van der Waals surface area contributed by atoms with Crippen molar-refractivity contribution in [3.8, 4) is 0 Å². The molecule has 2 rings (SSSR count). The Morgan fingerprint density at radius 1 is 1.38 bits per heavy atom. The third-order valence-corrected chi connectivity index (χ3v) is 5.25. The van der Waals surface area contributed by atoms with Crippen molar-refractivity contribution in [1.82, 2.24) is 5.32 Å². The maximum absolute atomic E-state index is 6.29. The molecule has 1 aliphatic carbocycles. The summed E-state index contributed by atoms with van der Waals surface area (Å²) >= 11 is 14.8. The quantitative estimate of drug-likeness (QED) is 0.530. The van der Waals surface area contributed by atoms with E-state index < -0.39 is 0 Å². The lowest BCUT2D eigenvalue weighted by atomic mass is 9.82. The lowest BCUT2D eigenvalue weighted by molar-refractivity contribution is 0.277. The van der Waals surface area contributed by atoms with Gasteiger partial charge in [-0.1, -0.05) is 11.6 Å². The standard InChI is InChI=1S/C9H12Cl2IN/c10-6-1-2-13-9-4-7(11)8(12)3-5(6)9/h5-6,9,13H,1-4H2. The van der Waals surface area contributed by atoms with Gasteiger partial charge in [-0.05, 0) is 54.3 Å². The van der Waals surface area contributed by atoms with Crippen molar-refractivity contribution in [2.75, 3.05) is 6.54 Å². The maximum atomic E-state index is 6.29. The summed E-state index contributed by atoms with van der Waals surface area (Å²) < 4.78 is 1.30. The minimum atomic E-state index is 0.334. The second kappa shape index (κ2) is 4.25. The average Bonchev–Trinajstić information content (AvgIpc) is 2.09. The Kier molecular flexibility index (Phi) is 3.44. The van der Waals surface area contributed by atoms with Crippen molar-refractivity contribution >= 4 is 45.8 Å². The van der Waals surface area contributed by atoms with E-state index in [0.29, 0.717) is 17.3 Å². The van der Waals surface area contributed by atoms with Crippen LogP contribution in [0, 0.1) is 5.92 Å². The summed E-state index contributed by atoms with van der Waals surface area (Å²) in [6.45, 7) is 1.04. The topological polar surface area (TPSA) is 12.0 Å². The summed E-state index contributed by atoms with van der Waals surface area (Å²) in [5, 5.41) is 4.86. The first-order chi connectivity index (χ1) is 6.18. The van der Waals surface area contributed by atoms with Gasteiger partial charge in [0, 0.05) is 20.0 Å². The van der Waals surface area contributed by atoms with Gasteiger partial charge in [0.15, 0.2) is 0 Å². The van der Waals surface area contributed by atoms with E-state index in [1.54, 1.807) is 0 Å². The summed E-state index contributed by atoms with van der Waals surface area (Å²) in [7, 11) is 0. The van der Waals surface area contributed by atoms with Crippen molar-refractivity contribution in [2.45, 2.75) is 30.7 Å². The van der Waals surface area contributed by atoms with Gasteiger partial charge in [0.2, 0.25) is 0 Å². The molecule has 0 saturated carbocycles. The number of rotatable bonds is 0. The van der Waals surface area contributed by atoms with Crippen LogP contribution in [0.3, 0.4) is 0 Å². The molecule has 2 aliphatic rings. The molecule has 0 aromatic carbocycles. The van der Waals surface area contributed by atoms with Gasteiger partial charge in [-0.3, -0.25) is 0 Å². The first kappa shape index (κ1) is 10.5. The van der Waals surface area contributed by atoms with Crippen LogP contribution in [0.2, 0.25) is 0 Å². The van der Waals surface area contributed by atoms with Crippen molar-refractivity contribution < 1.29 is 0 Å². The summed E-state index contributed by atoms with van der Waals surface area (Å²) in [6, 6.07) is 0.516. The molecular weight excluding hydrogens is 320 g/mol. The van der Waals surface area contributed by atoms with Crippen molar-refractivity contribution in [3.63, 3.8) is 0 Å². The average molecular weight is 332 g/mol. The van der Waals surface area contributed by atoms with E-state index in [1.165, 1.54) is 3.58 Å². The second-order valence-electron chi connectivity index (χ2n) is 3.75. The van der Waals surface area contributed by atoms with Crippen LogP contribution in [0.1, 0.15) is 19.3 Å². The van der Waals surface area contributed by atoms with E-state index in [-0.39, 0.29) is 0 Å². The Bertz CT molecular complexity index is 242. The van der Waals surface area contributed by atoms with Crippen molar-refractivity contribution in [3.05, 3.63) is 8.61 Å². The summed E-state index contributed by atoms with van der Waals surface area (Å²) in [6.07, 6.45) is 3.11. The van der Waals surface area contributed by atoms with Crippen molar-refractivity contribution in [1.29, 1.82) is 0 Å². The largest absolute Gasteiger partial charge is 0.313 e. The minimum absolute atomic E-state index is 0.334. The summed E-state index contributed by atoms with van der Waals surface area (Å²) in [5.41, 5.74) is 0. The summed E-state index contributed by atoms with van der Waals surface area (Å²) in [5.74, 6) is 0.588. The predicted octanol–water partition coefficient (Wildman–Crippen LogP) is 3.25. The highest BCUT2D eigenvalue weighted by atomic mass is 127. The number of hydrogen-bond donors (Lipinski definition) is 1. The first-order valence-electron chi connectivity index (χ1n) is 4.59. The van der Waals surface area contributed by atoms with Gasteiger partial charge in [-0.25, -0.2) is 0 Å². The first-order valence-corrected chi connectivity index (χ1v) is 6.48. The SMILES string of the molecule is ClC1=C(I)CC2C(Cl)CCNC2C1. The molecule has 0 amide bonds. The van der Waals surface area contributed by atoms with Crippen LogP contribution >= 0.6 is 45.8 Å². The number of nitrogens with one attached hydrogen (secondary N) is 1. The van der Waals surface area contributed by atoms with Crippen LogP contribution < -0.4 is 5.32 Å². The third-order valence-electron chi connectivity index (χ3n) is 2.92. The Hall–Kier alpha value is 1.01. The smallest absolute Gasteiger partial charge is 0.0394 e. The Balaban J connectivity index is 2.15. The van der Waals surface area contributed by atoms with E-state index in [1.807, 2.05) is 0 Å². The molecule has 74 valence electrons. The molecule has 0 bridgehead atoms. The van der Waals surface area contributed by atoms with Crippen LogP contribution in [0.15, 0.2) is 8.61 Å². The normalized spacial score (nSPS) is 40.4. The van der Waals surface area contributed by atoms with E-state index in [9.17, 15) is 0 Å². The molecule has 1 aliphatic heterocycles. The van der Waals surface area contributed by atoms with Gasteiger partial charge >= 0.3 is 0 Å². The highest BCUT2D eigenvalue weighted by molar-refractivity contribution is 14.1. The fourth-order valence-electron chi connectivity index (χ4n) is 2.14. The molecular formula is C9H12Cl2IN. The second-order valence-corrected chi connectivity index (χ2v) is 6.07. The predicted molar refractivity (Wildman–Crippen MR) is 65.7 cm³/mol. The molecule has 3 unspecified atom stereocenters. The zero-order valence-corrected chi connectivity index (χ0v) is 10.9. The molecule has 0 spiro atoms. The van der Waals surface area contributed by atoms with Crippen LogP contribution in [-0.2, 0) is 0 Å². The number of hydrogen-bond acceptors (Lipinski definition) is 1. The number of allylic oxidation sites excluding steroid dienone is 1. The van der Waals surface area contributed by atoms with Gasteiger partial charge in [0.1, 0.15) is 0 Å². The van der Waals surface area contributed by atoms with E-state index in [2.05, 4.69) is 27.9 Å². The molecule has 1 N–H and O–H groups in total. The van der Waals surface area contributed by atoms with Crippen LogP contribution in [-0.4, -0.2) is 18.0 Å². The highest BCUT2D eigenvalue weighted by Gasteiger charge is 2.35. The molecule has 13 heavy (non-hydrogen) atoms. The molecule has 0 radical (unpaired) electrons. The Morgan fingerprint density at radius 2 is 2.15 bits per heavy atom. The summed E-state index contributed by atoms with van der Waals surface area (Å²) in [4.78, 5) is 0. The molecule has 0 aromatic rings.